The van der Waals surface area contributed by atoms with Gasteiger partial charge in [-0.05, 0) is 67.9 Å². The van der Waals surface area contributed by atoms with Crippen LogP contribution in [0, 0.1) is 25.7 Å². The summed E-state index contributed by atoms with van der Waals surface area (Å²) in [5.41, 5.74) is 4.30. The Morgan fingerprint density at radius 3 is 2.80 bits per heavy atom. The van der Waals surface area contributed by atoms with Crippen molar-refractivity contribution in [1.82, 2.24) is 5.32 Å². The summed E-state index contributed by atoms with van der Waals surface area (Å²) in [6, 6.07) is 2.40. The molecule has 0 radical (unpaired) electrons. The quantitative estimate of drug-likeness (QED) is 0.779. The number of carbonyl (C=O) groups excluding carboxylic acids is 1. The molecule has 2 N–H and O–H groups in total. The lowest BCUT2D eigenvalue weighted by Gasteiger charge is -2.36. The average molecular weight is 343 g/mol. The number of carbonyl (C=O) groups is 1. The zero-order valence-corrected chi connectivity index (χ0v) is 15.5. The van der Waals surface area contributed by atoms with Crippen LogP contribution < -0.4 is 10.1 Å². The van der Waals surface area contributed by atoms with E-state index in [4.69, 9.17) is 4.74 Å². The first-order valence-electron chi connectivity index (χ1n) is 9.29. The zero-order valence-electron chi connectivity index (χ0n) is 15.5. The molecule has 136 valence electrons. The molecule has 3 unspecified atom stereocenters. The Morgan fingerprint density at radius 1 is 1.44 bits per heavy atom. The highest BCUT2D eigenvalue weighted by molar-refractivity contribution is 5.79. The molecule has 1 aromatic carbocycles. The zero-order chi connectivity index (χ0) is 18.1. The van der Waals surface area contributed by atoms with Crippen LogP contribution in [-0.2, 0) is 11.2 Å². The van der Waals surface area contributed by atoms with Crippen molar-refractivity contribution in [2.75, 3.05) is 6.61 Å². The molecule has 2 aliphatic carbocycles. The Kier molecular flexibility index (Phi) is 5.19. The number of amides is 1. The largest absolute Gasteiger partial charge is 0.489 e. The molecular formula is C21H29NO3. The molecule has 1 aromatic rings. The van der Waals surface area contributed by atoms with Crippen molar-refractivity contribution in [1.29, 1.82) is 0 Å². The fourth-order valence-corrected chi connectivity index (χ4v) is 3.96. The standard InChI is InChI=1S/C21H29NO3/c1-5-10-25-18-11-12(2)16-8-9-17(20(23)19(16)14(18)4)13(3)21(24)22-15-6-7-15/h5,11,13,15,17,20,23H,1,6-10H2,2-4H3,(H,22,24). The third kappa shape index (κ3) is 3.59. The Bertz CT molecular complexity index is 678. The summed E-state index contributed by atoms with van der Waals surface area (Å²) in [7, 11) is 0. The SMILES string of the molecule is C=CCOc1cc(C)c2c(c1C)C(O)C(C(C)C(=O)NC1CC1)CC2. The van der Waals surface area contributed by atoms with Gasteiger partial charge >= 0.3 is 0 Å². The van der Waals surface area contributed by atoms with Gasteiger partial charge in [0, 0.05) is 17.9 Å². The Morgan fingerprint density at radius 2 is 2.16 bits per heavy atom. The normalized spacial score (nSPS) is 23.5. The van der Waals surface area contributed by atoms with Crippen molar-refractivity contribution < 1.29 is 14.6 Å². The number of aryl methyl sites for hydroxylation is 1. The van der Waals surface area contributed by atoms with Gasteiger partial charge in [-0.3, -0.25) is 4.79 Å². The maximum absolute atomic E-state index is 12.5. The maximum atomic E-state index is 12.5. The van der Waals surface area contributed by atoms with Gasteiger partial charge < -0.3 is 15.2 Å². The predicted octanol–water partition coefficient (Wildman–Crippen LogP) is 3.38. The number of hydrogen-bond acceptors (Lipinski definition) is 3. The van der Waals surface area contributed by atoms with E-state index in [1.165, 1.54) is 5.56 Å². The highest BCUT2D eigenvalue weighted by Gasteiger charge is 2.38. The van der Waals surface area contributed by atoms with Crippen LogP contribution in [0.4, 0.5) is 0 Å². The highest BCUT2D eigenvalue weighted by Crippen LogP contribution is 2.44. The van der Waals surface area contributed by atoms with E-state index in [0.717, 1.165) is 48.1 Å². The fourth-order valence-electron chi connectivity index (χ4n) is 3.96. The summed E-state index contributed by atoms with van der Waals surface area (Å²) in [5.74, 6) is 0.620. The monoisotopic (exact) mass is 343 g/mol. The first-order chi connectivity index (χ1) is 11.9. The smallest absolute Gasteiger partial charge is 0.223 e. The molecule has 1 fully saturated rings. The number of aliphatic hydroxyl groups is 1. The lowest BCUT2D eigenvalue weighted by atomic mass is 9.72. The summed E-state index contributed by atoms with van der Waals surface area (Å²) < 4.78 is 5.78. The first kappa shape index (κ1) is 18.0. The van der Waals surface area contributed by atoms with E-state index < -0.39 is 6.10 Å². The average Bonchev–Trinajstić information content (AvgIpc) is 3.40. The van der Waals surface area contributed by atoms with Gasteiger partial charge in [0.1, 0.15) is 12.4 Å². The summed E-state index contributed by atoms with van der Waals surface area (Å²) in [6.45, 7) is 10.1. The van der Waals surface area contributed by atoms with E-state index in [1.54, 1.807) is 6.08 Å². The minimum absolute atomic E-state index is 0.0565. The second-order valence-electron chi connectivity index (χ2n) is 7.53. The molecule has 1 amide bonds. The van der Waals surface area contributed by atoms with Gasteiger partial charge in [-0.15, -0.1) is 0 Å². The van der Waals surface area contributed by atoms with Gasteiger partial charge in [-0.1, -0.05) is 19.6 Å². The van der Waals surface area contributed by atoms with E-state index in [9.17, 15) is 9.90 Å². The van der Waals surface area contributed by atoms with Crippen LogP contribution in [0.15, 0.2) is 18.7 Å². The van der Waals surface area contributed by atoms with Crippen LogP contribution in [0.5, 0.6) is 5.75 Å². The van der Waals surface area contributed by atoms with E-state index in [1.807, 2.05) is 19.9 Å². The number of ether oxygens (including phenoxy) is 1. The summed E-state index contributed by atoms with van der Waals surface area (Å²) in [6.07, 6.45) is 4.98. The number of aliphatic hydroxyl groups excluding tert-OH is 1. The van der Waals surface area contributed by atoms with Gasteiger partial charge in [0.25, 0.3) is 0 Å². The van der Waals surface area contributed by atoms with Crippen molar-refractivity contribution in [2.45, 2.75) is 58.6 Å². The predicted molar refractivity (Wildman–Crippen MR) is 98.7 cm³/mol. The van der Waals surface area contributed by atoms with Crippen molar-refractivity contribution in [3.8, 4) is 5.75 Å². The summed E-state index contributed by atoms with van der Waals surface area (Å²) in [5, 5.41) is 14.2. The van der Waals surface area contributed by atoms with Crippen LogP contribution in [0.3, 0.4) is 0 Å². The summed E-state index contributed by atoms with van der Waals surface area (Å²) in [4.78, 5) is 12.5. The van der Waals surface area contributed by atoms with E-state index in [2.05, 4.69) is 18.8 Å². The lowest BCUT2D eigenvalue weighted by molar-refractivity contribution is -0.128. The van der Waals surface area contributed by atoms with Gasteiger partial charge in [0.05, 0.1) is 6.10 Å². The molecular weight excluding hydrogens is 314 g/mol. The molecule has 3 rings (SSSR count). The topological polar surface area (TPSA) is 58.6 Å². The third-order valence-corrected chi connectivity index (χ3v) is 5.69. The number of benzene rings is 1. The molecule has 0 aromatic heterocycles. The van der Waals surface area contributed by atoms with Crippen LogP contribution in [-0.4, -0.2) is 23.7 Å². The van der Waals surface area contributed by atoms with Crippen LogP contribution >= 0.6 is 0 Å². The number of hydrogen-bond donors (Lipinski definition) is 2. The van der Waals surface area contributed by atoms with Gasteiger partial charge in [-0.25, -0.2) is 0 Å². The highest BCUT2D eigenvalue weighted by atomic mass is 16.5. The molecule has 4 nitrogen and oxygen atoms in total. The van der Waals surface area contributed by atoms with Gasteiger partial charge in [-0.2, -0.15) is 0 Å². The second-order valence-corrected chi connectivity index (χ2v) is 7.53. The van der Waals surface area contributed by atoms with Gasteiger partial charge in [0.15, 0.2) is 0 Å². The van der Waals surface area contributed by atoms with E-state index in [-0.39, 0.29) is 17.7 Å². The molecule has 0 aliphatic heterocycles. The van der Waals surface area contributed by atoms with Crippen molar-refractivity contribution >= 4 is 5.91 Å². The molecule has 0 heterocycles. The van der Waals surface area contributed by atoms with Crippen LogP contribution in [0.1, 0.15) is 54.5 Å². The minimum Gasteiger partial charge on any atom is -0.489 e. The molecule has 4 heteroatoms. The van der Waals surface area contributed by atoms with Crippen LogP contribution in [0.25, 0.3) is 0 Å². The first-order valence-corrected chi connectivity index (χ1v) is 9.29. The molecule has 1 saturated carbocycles. The Balaban J connectivity index is 1.87. The molecule has 0 bridgehead atoms. The van der Waals surface area contributed by atoms with Crippen LogP contribution in [0.2, 0.25) is 0 Å². The van der Waals surface area contributed by atoms with Crippen molar-refractivity contribution in [3.63, 3.8) is 0 Å². The third-order valence-electron chi connectivity index (χ3n) is 5.69. The minimum atomic E-state index is -0.630. The molecule has 0 saturated heterocycles. The molecule has 3 atom stereocenters. The van der Waals surface area contributed by atoms with Crippen molar-refractivity contribution in [3.05, 3.63) is 41.0 Å². The van der Waals surface area contributed by atoms with E-state index >= 15 is 0 Å². The fraction of sp³-hybridized carbons (Fsp3) is 0.571. The lowest BCUT2D eigenvalue weighted by Crippen LogP contribution is -2.38. The molecule has 0 spiro atoms. The Labute approximate surface area is 150 Å². The van der Waals surface area contributed by atoms with Crippen molar-refractivity contribution in [2.24, 2.45) is 11.8 Å². The summed E-state index contributed by atoms with van der Waals surface area (Å²) >= 11 is 0. The number of nitrogens with one attached hydrogen (secondary N) is 1. The maximum Gasteiger partial charge on any atom is 0.223 e. The molecule has 2 aliphatic rings. The Hall–Kier alpha value is -1.81. The van der Waals surface area contributed by atoms with E-state index in [0.29, 0.717) is 12.6 Å². The number of fused-ring (bicyclic) bond motifs is 1. The molecule has 25 heavy (non-hydrogen) atoms. The number of rotatable bonds is 6. The second kappa shape index (κ2) is 7.20. The van der Waals surface area contributed by atoms with Gasteiger partial charge in [0.2, 0.25) is 5.91 Å².